The van der Waals surface area contributed by atoms with Crippen LogP contribution in [0.3, 0.4) is 0 Å². The Labute approximate surface area is 224 Å². The van der Waals surface area contributed by atoms with Crippen molar-refractivity contribution in [1.82, 2.24) is 29.4 Å². The maximum atomic E-state index is 12.7. The zero-order chi connectivity index (χ0) is 26.8. The highest BCUT2D eigenvalue weighted by molar-refractivity contribution is 7.99. The van der Waals surface area contributed by atoms with E-state index in [4.69, 9.17) is 24.5 Å². The van der Waals surface area contributed by atoms with Crippen LogP contribution in [0, 0.1) is 20.8 Å². The van der Waals surface area contributed by atoms with E-state index in [1.54, 1.807) is 18.7 Å². The molecule has 5 rings (SSSR count). The molecule has 1 N–H and O–H groups in total. The highest BCUT2D eigenvalue weighted by atomic mass is 32.2. The number of aromatic nitrogens is 6. The highest BCUT2D eigenvalue weighted by Gasteiger charge is 2.18. The SMILES string of the molecule is COc1cc2nc(SCC(=O)Nc3cccc(C)c3)n3nc(CCn4nc(C)cc4C)nc3c2cc1OC. The number of nitrogens with one attached hydrogen (secondary N) is 1. The van der Waals surface area contributed by atoms with Gasteiger partial charge in [-0.25, -0.2) is 9.97 Å². The molecule has 0 saturated heterocycles. The number of ether oxygens (including phenoxy) is 2. The minimum absolute atomic E-state index is 0.132. The van der Waals surface area contributed by atoms with E-state index in [9.17, 15) is 4.79 Å². The van der Waals surface area contributed by atoms with Crippen molar-refractivity contribution < 1.29 is 14.3 Å². The summed E-state index contributed by atoms with van der Waals surface area (Å²) in [6, 6.07) is 13.4. The minimum Gasteiger partial charge on any atom is -0.493 e. The molecular formula is C27H29N7O3S. The summed E-state index contributed by atoms with van der Waals surface area (Å²) in [6.45, 7) is 6.65. The first-order valence-electron chi connectivity index (χ1n) is 12.2. The van der Waals surface area contributed by atoms with Crippen LogP contribution in [0.25, 0.3) is 16.6 Å². The van der Waals surface area contributed by atoms with Gasteiger partial charge in [0.1, 0.15) is 0 Å². The molecule has 0 aliphatic carbocycles. The fraction of sp³-hybridized carbons (Fsp3) is 0.296. The normalized spacial score (nSPS) is 11.3. The van der Waals surface area contributed by atoms with Crippen molar-refractivity contribution in [2.75, 3.05) is 25.3 Å². The lowest BCUT2D eigenvalue weighted by molar-refractivity contribution is -0.113. The fourth-order valence-corrected chi connectivity index (χ4v) is 5.05. The van der Waals surface area contributed by atoms with Crippen LogP contribution in [-0.2, 0) is 17.8 Å². The number of hydrogen-bond acceptors (Lipinski definition) is 8. The van der Waals surface area contributed by atoms with Gasteiger partial charge in [-0.2, -0.15) is 9.61 Å². The average Bonchev–Trinajstić information content (AvgIpc) is 3.47. The van der Waals surface area contributed by atoms with Crippen LogP contribution in [0.1, 0.15) is 22.8 Å². The molecule has 38 heavy (non-hydrogen) atoms. The number of amides is 1. The molecule has 0 aliphatic heterocycles. The van der Waals surface area contributed by atoms with Gasteiger partial charge in [-0.05, 0) is 50.6 Å². The number of thioether (sulfide) groups is 1. The Morgan fingerprint density at radius 1 is 1.00 bits per heavy atom. The van der Waals surface area contributed by atoms with Crippen LogP contribution < -0.4 is 14.8 Å². The van der Waals surface area contributed by atoms with Crippen molar-refractivity contribution in [3.8, 4) is 11.5 Å². The lowest BCUT2D eigenvalue weighted by Crippen LogP contribution is -2.14. The number of methoxy groups -OCH3 is 2. The predicted molar refractivity (Wildman–Crippen MR) is 147 cm³/mol. The van der Waals surface area contributed by atoms with Crippen molar-refractivity contribution in [2.45, 2.75) is 38.9 Å². The summed E-state index contributed by atoms with van der Waals surface area (Å²) < 4.78 is 14.7. The van der Waals surface area contributed by atoms with Gasteiger partial charge in [0.25, 0.3) is 0 Å². The molecule has 2 aromatic carbocycles. The molecule has 3 heterocycles. The number of anilines is 1. The molecule has 0 atom stereocenters. The molecule has 0 spiro atoms. The number of nitrogens with zero attached hydrogens (tertiary/aromatic N) is 6. The van der Waals surface area contributed by atoms with Gasteiger partial charge < -0.3 is 14.8 Å². The Morgan fingerprint density at radius 2 is 1.79 bits per heavy atom. The van der Waals surface area contributed by atoms with Crippen molar-refractivity contribution in [1.29, 1.82) is 0 Å². The highest BCUT2D eigenvalue weighted by Crippen LogP contribution is 2.34. The summed E-state index contributed by atoms with van der Waals surface area (Å²) in [7, 11) is 3.18. The monoisotopic (exact) mass is 531 g/mol. The van der Waals surface area contributed by atoms with Gasteiger partial charge in [0.15, 0.2) is 28.1 Å². The van der Waals surface area contributed by atoms with Crippen LogP contribution in [0.15, 0.2) is 47.6 Å². The predicted octanol–water partition coefficient (Wildman–Crippen LogP) is 4.39. The van der Waals surface area contributed by atoms with E-state index in [1.807, 2.05) is 67.9 Å². The van der Waals surface area contributed by atoms with Gasteiger partial charge in [0.05, 0.1) is 31.2 Å². The van der Waals surface area contributed by atoms with Gasteiger partial charge in [-0.15, -0.1) is 5.10 Å². The molecular weight excluding hydrogens is 502 g/mol. The molecule has 10 nitrogen and oxygen atoms in total. The quantitative estimate of drug-likeness (QED) is 0.220. The molecule has 5 aromatic rings. The third-order valence-corrected chi connectivity index (χ3v) is 7.00. The molecule has 1 amide bonds. The van der Waals surface area contributed by atoms with E-state index in [2.05, 4.69) is 10.4 Å². The lowest BCUT2D eigenvalue weighted by Gasteiger charge is -2.11. The number of carbonyl (C=O) groups is 1. The number of hydrogen-bond donors (Lipinski definition) is 1. The van der Waals surface area contributed by atoms with Crippen molar-refractivity contribution >= 4 is 39.9 Å². The average molecular weight is 532 g/mol. The Balaban J connectivity index is 1.48. The lowest BCUT2D eigenvalue weighted by atomic mass is 10.2. The van der Waals surface area contributed by atoms with E-state index < -0.39 is 0 Å². The molecule has 11 heteroatoms. The zero-order valence-corrected chi connectivity index (χ0v) is 22.8. The summed E-state index contributed by atoms with van der Waals surface area (Å²) in [6.07, 6.45) is 0.594. The summed E-state index contributed by atoms with van der Waals surface area (Å²) in [5, 5.41) is 13.6. The molecule has 0 saturated carbocycles. The number of aryl methyl sites for hydroxylation is 5. The van der Waals surface area contributed by atoms with Crippen LogP contribution in [0.4, 0.5) is 5.69 Å². The Morgan fingerprint density at radius 3 is 2.50 bits per heavy atom. The van der Waals surface area contributed by atoms with Crippen molar-refractivity contribution in [3.05, 3.63) is 65.2 Å². The molecule has 0 fully saturated rings. The largest absolute Gasteiger partial charge is 0.493 e. The first-order valence-corrected chi connectivity index (χ1v) is 13.1. The van der Waals surface area contributed by atoms with E-state index in [0.717, 1.165) is 28.0 Å². The number of benzene rings is 2. The molecule has 196 valence electrons. The second-order valence-electron chi connectivity index (χ2n) is 8.99. The number of rotatable bonds is 9. The first-order chi connectivity index (χ1) is 18.3. The third-order valence-electron chi connectivity index (χ3n) is 6.08. The van der Waals surface area contributed by atoms with E-state index in [0.29, 0.717) is 46.6 Å². The van der Waals surface area contributed by atoms with Gasteiger partial charge >= 0.3 is 0 Å². The molecule has 0 radical (unpaired) electrons. The smallest absolute Gasteiger partial charge is 0.234 e. The van der Waals surface area contributed by atoms with Crippen LogP contribution in [0.5, 0.6) is 11.5 Å². The van der Waals surface area contributed by atoms with Gasteiger partial charge in [0.2, 0.25) is 5.91 Å². The molecule has 0 aliphatic rings. The zero-order valence-electron chi connectivity index (χ0n) is 22.0. The molecule has 0 unspecified atom stereocenters. The Bertz CT molecular complexity index is 1640. The standard InChI is InChI=1S/C27H29N7O3S/c1-16-7-6-8-19(11-16)28-25(35)15-38-27-29-21-14-23(37-5)22(36-4)13-20(21)26-30-24(32-34(26)27)9-10-33-18(3)12-17(2)31-33/h6-8,11-14H,9-10,15H2,1-5H3,(H,28,35). The molecule has 3 aromatic heterocycles. The fourth-order valence-electron chi connectivity index (χ4n) is 4.31. The first kappa shape index (κ1) is 25.5. The Hall–Kier alpha value is -4.12. The second kappa shape index (κ2) is 10.7. The minimum atomic E-state index is -0.132. The van der Waals surface area contributed by atoms with Gasteiger partial charge in [-0.1, -0.05) is 23.9 Å². The van der Waals surface area contributed by atoms with Gasteiger partial charge in [0, 0.05) is 35.8 Å². The van der Waals surface area contributed by atoms with Crippen LogP contribution >= 0.6 is 11.8 Å². The second-order valence-corrected chi connectivity index (χ2v) is 9.93. The summed E-state index contributed by atoms with van der Waals surface area (Å²) >= 11 is 1.30. The third kappa shape index (κ3) is 5.28. The van der Waals surface area contributed by atoms with E-state index in [1.165, 1.54) is 11.8 Å². The van der Waals surface area contributed by atoms with Crippen molar-refractivity contribution in [3.63, 3.8) is 0 Å². The van der Waals surface area contributed by atoms with Crippen molar-refractivity contribution in [2.24, 2.45) is 0 Å². The van der Waals surface area contributed by atoms with E-state index >= 15 is 0 Å². The summed E-state index contributed by atoms with van der Waals surface area (Å²) in [5.74, 6) is 1.83. The van der Waals surface area contributed by atoms with Crippen LogP contribution in [-0.4, -0.2) is 55.2 Å². The summed E-state index contributed by atoms with van der Waals surface area (Å²) in [4.78, 5) is 22.4. The van der Waals surface area contributed by atoms with Crippen LogP contribution in [0.2, 0.25) is 0 Å². The molecule has 0 bridgehead atoms. The Kier molecular flexibility index (Phi) is 7.19. The maximum Gasteiger partial charge on any atom is 0.234 e. The van der Waals surface area contributed by atoms with Gasteiger partial charge in [-0.3, -0.25) is 9.48 Å². The topological polar surface area (TPSA) is 108 Å². The summed E-state index contributed by atoms with van der Waals surface area (Å²) in [5.41, 5.74) is 5.22. The van der Waals surface area contributed by atoms with E-state index in [-0.39, 0.29) is 11.7 Å². The number of carbonyl (C=O) groups excluding carboxylic acids is 1. The maximum absolute atomic E-state index is 12.7. The number of fused-ring (bicyclic) bond motifs is 3.